The predicted octanol–water partition coefficient (Wildman–Crippen LogP) is 4.12. The Kier molecular flexibility index (Phi) is 4.79. The van der Waals surface area contributed by atoms with E-state index in [9.17, 15) is 18.0 Å². The maximum Gasteiger partial charge on any atom is 0.417 e. The maximum absolute atomic E-state index is 13.6. The second-order valence-corrected chi connectivity index (χ2v) is 7.18. The molecule has 29 heavy (non-hydrogen) atoms. The molecule has 1 aliphatic rings. The normalized spacial score (nSPS) is 17.8. The van der Waals surface area contributed by atoms with Crippen LogP contribution in [0.15, 0.2) is 21.2 Å². The van der Waals surface area contributed by atoms with Crippen molar-refractivity contribution in [3.8, 4) is 0 Å². The summed E-state index contributed by atoms with van der Waals surface area (Å²) in [4.78, 5) is 18.3. The van der Waals surface area contributed by atoms with Crippen LogP contribution in [0.25, 0.3) is 11.1 Å². The number of hydrogen-bond acceptors (Lipinski definition) is 6. The average molecular weight is 408 g/mol. The quantitative estimate of drug-likeness (QED) is 0.648. The van der Waals surface area contributed by atoms with Crippen LogP contribution in [0.2, 0.25) is 0 Å². The molecule has 1 unspecified atom stereocenters. The lowest BCUT2D eigenvalue weighted by Crippen LogP contribution is -2.39. The van der Waals surface area contributed by atoms with Crippen molar-refractivity contribution in [2.45, 2.75) is 45.2 Å². The van der Waals surface area contributed by atoms with E-state index in [-0.39, 0.29) is 40.7 Å². The number of aromatic nitrogens is 3. The number of rotatable bonds is 3. The van der Waals surface area contributed by atoms with Gasteiger partial charge >= 0.3 is 6.18 Å². The van der Waals surface area contributed by atoms with Crippen LogP contribution in [0.4, 0.5) is 13.2 Å². The number of amides is 1. The van der Waals surface area contributed by atoms with Crippen molar-refractivity contribution in [2.24, 2.45) is 0 Å². The molecule has 0 aromatic carbocycles. The van der Waals surface area contributed by atoms with E-state index >= 15 is 0 Å². The van der Waals surface area contributed by atoms with Crippen LogP contribution >= 0.6 is 0 Å². The van der Waals surface area contributed by atoms with E-state index in [4.69, 9.17) is 9.05 Å². The molecular formula is C19H19F3N4O3. The monoisotopic (exact) mass is 408 g/mol. The second-order valence-electron chi connectivity index (χ2n) is 7.18. The Bertz CT molecular complexity index is 1060. The van der Waals surface area contributed by atoms with Crippen molar-refractivity contribution in [3.63, 3.8) is 0 Å². The third-order valence-corrected chi connectivity index (χ3v) is 5.13. The van der Waals surface area contributed by atoms with Gasteiger partial charge in [-0.1, -0.05) is 17.2 Å². The number of hydrogen-bond donors (Lipinski definition) is 0. The van der Waals surface area contributed by atoms with Gasteiger partial charge in [-0.25, -0.2) is 4.98 Å². The Labute approximate surface area is 163 Å². The van der Waals surface area contributed by atoms with Crippen molar-refractivity contribution >= 4 is 17.0 Å². The fourth-order valence-corrected chi connectivity index (χ4v) is 3.72. The highest BCUT2D eigenvalue weighted by Crippen LogP contribution is 2.40. The summed E-state index contributed by atoms with van der Waals surface area (Å²) in [6.07, 6.45) is -2.71. The molecule has 1 atom stereocenters. The average Bonchev–Trinajstić information content (AvgIpc) is 3.33. The Morgan fingerprint density at radius 3 is 2.76 bits per heavy atom. The van der Waals surface area contributed by atoms with Gasteiger partial charge in [-0.05, 0) is 32.3 Å². The highest BCUT2D eigenvalue weighted by Gasteiger charge is 2.38. The third kappa shape index (κ3) is 3.58. The van der Waals surface area contributed by atoms with Crippen molar-refractivity contribution in [3.05, 3.63) is 40.5 Å². The van der Waals surface area contributed by atoms with Crippen molar-refractivity contribution in [1.29, 1.82) is 0 Å². The number of likely N-dealkylation sites (tertiary alicyclic amines) is 1. The first kappa shape index (κ1) is 19.4. The van der Waals surface area contributed by atoms with Gasteiger partial charge in [0.2, 0.25) is 5.76 Å². The minimum Gasteiger partial charge on any atom is -0.351 e. The van der Waals surface area contributed by atoms with Crippen LogP contribution in [0.5, 0.6) is 0 Å². The van der Waals surface area contributed by atoms with Crippen molar-refractivity contribution < 1.29 is 27.0 Å². The molecule has 10 heteroatoms. The number of piperidine rings is 1. The van der Waals surface area contributed by atoms with Crippen molar-refractivity contribution in [2.75, 3.05) is 13.1 Å². The molecular weight excluding hydrogens is 389 g/mol. The molecule has 0 spiro atoms. The molecule has 4 rings (SSSR count). The minimum absolute atomic E-state index is 0.126. The Morgan fingerprint density at radius 2 is 2.07 bits per heavy atom. The van der Waals surface area contributed by atoms with Crippen LogP contribution in [0.1, 0.15) is 58.9 Å². The molecule has 0 radical (unpaired) electrons. The molecule has 1 amide bonds. The van der Waals surface area contributed by atoms with Crippen LogP contribution in [0.3, 0.4) is 0 Å². The van der Waals surface area contributed by atoms with Gasteiger partial charge in [0.25, 0.3) is 11.6 Å². The zero-order chi connectivity index (χ0) is 20.8. The van der Waals surface area contributed by atoms with Gasteiger partial charge in [-0.15, -0.1) is 0 Å². The first-order chi connectivity index (χ1) is 13.8. The van der Waals surface area contributed by atoms with Gasteiger partial charge in [-0.3, -0.25) is 4.79 Å². The van der Waals surface area contributed by atoms with Gasteiger partial charge in [0.05, 0.1) is 22.3 Å². The lowest BCUT2D eigenvalue weighted by Gasteiger charge is -2.31. The summed E-state index contributed by atoms with van der Waals surface area (Å²) in [5.41, 5.74) is 0.0935. The molecule has 3 aromatic rings. The number of carbonyl (C=O) groups excluding carboxylic acids is 1. The summed E-state index contributed by atoms with van der Waals surface area (Å²) in [5.74, 6) is -0.603. The molecule has 1 fully saturated rings. The van der Waals surface area contributed by atoms with E-state index in [1.807, 2.05) is 6.92 Å². The van der Waals surface area contributed by atoms with Crippen LogP contribution in [-0.2, 0) is 12.6 Å². The van der Waals surface area contributed by atoms with Crippen LogP contribution < -0.4 is 0 Å². The maximum atomic E-state index is 13.6. The molecule has 0 bridgehead atoms. The number of halogens is 3. The summed E-state index contributed by atoms with van der Waals surface area (Å²) in [5, 5.41) is 7.60. The van der Waals surface area contributed by atoms with E-state index in [0.717, 1.165) is 6.07 Å². The number of nitrogens with zero attached hydrogens (tertiary/aromatic N) is 4. The summed E-state index contributed by atoms with van der Waals surface area (Å²) in [6.45, 7) is 4.07. The molecule has 7 nitrogen and oxygen atoms in total. The molecule has 0 saturated carbocycles. The van der Waals surface area contributed by atoms with Crippen molar-refractivity contribution in [1.82, 2.24) is 20.2 Å². The number of carbonyl (C=O) groups is 1. The summed E-state index contributed by atoms with van der Waals surface area (Å²) in [6, 6.07) is 2.58. The number of aryl methyl sites for hydroxylation is 2. The first-order valence-corrected chi connectivity index (χ1v) is 9.37. The van der Waals surface area contributed by atoms with Gasteiger partial charge < -0.3 is 13.9 Å². The van der Waals surface area contributed by atoms with E-state index in [2.05, 4.69) is 15.3 Å². The molecule has 1 saturated heterocycles. The molecule has 4 heterocycles. The number of alkyl halides is 3. The lowest BCUT2D eigenvalue weighted by atomic mass is 9.91. The largest absolute Gasteiger partial charge is 0.417 e. The van der Waals surface area contributed by atoms with Gasteiger partial charge in [0.15, 0.2) is 0 Å². The molecule has 1 aliphatic heterocycles. The SMILES string of the molecule is CCc1cc(C(=O)N2CCCC(c3noc4nc(C)cc(C(F)(F)F)c34)C2)on1. The van der Waals surface area contributed by atoms with Gasteiger partial charge in [0, 0.05) is 30.8 Å². The highest BCUT2D eigenvalue weighted by molar-refractivity contribution is 5.91. The smallest absolute Gasteiger partial charge is 0.351 e. The van der Waals surface area contributed by atoms with Crippen LogP contribution in [0, 0.1) is 6.92 Å². The first-order valence-electron chi connectivity index (χ1n) is 9.37. The zero-order valence-electron chi connectivity index (χ0n) is 15.9. The van der Waals surface area contributed by atoms with E-state index < -0.39 is 17.7 Å². The standard InChI is InChI=1S/C19H19F3N4O3/c1-3-12-8-14(28-24-12)18(27)26-6-4-5-11(9-26)16-15-13(19(20,21)22)7-10(2)23-17(15)29-25-16/h7-8,11H,3-6,9H2,1-2H3. The third-order valence-electron chi connectivity index (χ3n) is 5.13. The van der Waals surface area contributed by atoms with E-state index in [0.29, 0.717) is 31.5 Å². The predicted molar refractivity (Wildman–Crippen MR) is 95.3 cm³/mol. The second kappa shape index (κ2) is 7.16. The van der Waals surface area contributed by atoms with E-state index in [1.54, 1.807) is 11.0 Å². The summed E-state index contributed by atoms with van der Waals surface area (Å²) < 4.78 is 51.0. The molecule has 0 aliphatic carbocycles. The number of pyridine rings is 1. The van der Waals surface area contributed by atoms with Crippen LogP contribution in [-0.4, -0.2) is 39.2 Å². The number of fused-ring (bicyclic) bond motifs is 1. The fourth-order valence-electron chi connectivity index (χ4n) is 3.72. The topological polar surface area (TPSA) is 85.3 Å². The Morgan fingerprint density at radius 1 is 1.28 bits per heavy atom. The van der Waals surface area contributed by atoms with E-state index in [1.165, 1.54) is 6.92 Å². The summed E-state index contributed by atoms with van der Waals surface area (Å²) in [7, 11) is 0. The molecule has 0 N–H and O–H groups in total. The summed E-state index contributed by atoms with van der Waals surface area (Å²) >= 11 is 0. The lowest BCUT2D eigenvalue weighted by molar-refractivity contribution is -0.136. The van der Waals surface area contributed by atoms with Gasteiger partial charge in [-0.2, -0.15) is 13.2 Å². The highest BCUT2D eigenvalue weighted by atomic mass is 19.4. The zero-order valence-corrected chi connectivity index (χ0v) is 15.9. The minimum atomic E-state index is -4.56. The molecule has 3 aromatic heterocycles. The van der Waals surface area contributed by atoms with Gasteiger partial charge in [0.1, 0.15) is 0 Å². The fraction of sp³-hybridized carbons (Fsp3) is 0.474. The molecule has 154 valence electrons. The Balaban J connectivity index is 1.66. The Hall–Kier alpha value is -2.91.